The Labute approximate surface area is 155 Å². The van der Waals surface area contributed by atoms with Crippen LogP contribution in [0.4, 0.5) is 11.4 Å². The Morgan fingerprint density at radius 1 is 0.885 bits per heavy atom. The molecular weight excluding hydrogens is 326 g/mol. The van der Waals surface area contributed by atoms with Crippen LogP contribution in [-0.4, -0.2) is 42.9 Å². The molecule has 5 heteroatoms. The monoisotopic (exact) mass is 353 g/mol. The van der Waals surface area contributed by atoms with E-state index in [0.717, 1.165) is 18.8 Å². The maximum atomic E-state index is 12.9. The van der Waals surface area contributed by atoms with Crippen LogP contribution in [0.25, 0.3) is 0 Å². The molecule has 0 spiro atoms. The number of hydrogen-bond acceptors (Lipinski definition) is 3. The number of para-hydroxylation sites is 1. The van der Waals surface area contributed by atoms with Gasteiger partial charge < -0.3 is 10.2 Å². The highest BCUT2D eigenvalue weighted by Crippen LogP contribution is 2.18. The standard InChI is InChI=1S/C21H27N3O2/c1-4-23(5-2)16-20(25)22-18-12-10-11-17(15-18)21(26)24(6-3)19-13-8-7-9-14-19/h7-15H,4-6,16H2,1-3H3,(H,22,25). The van der Waals surface area contributed by atoms with Gasteiger partial charge >= 0.3 is 0 Å². The first-order valence-corrected chi connectivity index (χ1v) is 9.08. The van der Waals surface area contributed by atoms with Crippen molar-refractivity contribution in [1.82, 2.24) is 4.90 Å². The molecule has 0 radical (unpaired) electrons. The number of carbonyl (C=O) groups excluding carboxylic acids is 2. The van der Waals surface area contributed by atoms with Gasteiger partial charge in [0.1, 0.15) is 0 Å². The summed E-state index contributed by atoms with van der Waals surface area (Å²) < 4.78 is 0. The molecular formula is C21H27N3O2. The summed E-state index contributed by atoms with van der Waals surface area (Å²) >= 11 is 0. The topological polar surface area (TPSA) is 52.7 Å². The molecule has 2 aromatic rings. The molecule has 0 saturated heterocycles. The molecule has 0 aliphatic heterocycles. The average Bonchev–Trinajstić information content (AvgIpc) is 2.67. The highest BCUT2D eigenvalue weighted by atomic mass is 16.2. The lowest BCUT2D eigenvalue weighted by molar-refractivity contribution is -0.117. The van der Waals surface area contributed by atoms with Crippen LogP contribution >= 0.6 is 0 Å². The van der Waals surface area contributed by atoms with E-state index in [-0.39, 0.29) is 11.8 Å². The fourth-order valence-corrected chi connectivity index (χ4v) is 2.79. The molecule has 0 aliphatic rings. The van der Waals surface area contributed by atoms with Gasteiger partial charge in [0.25, 0.3) is 5.91 Å². The highest BCUT2D eigenvalue weighted by Gasteiger charge is 2.16. The van der Waals surface area contributed by atoms with Crippen LogP contribution in [0.1, 0.15) is 31.1 Å². The van der Waals surface area contributed by atoms with Gasteiger partial charge in [0.15, 0.2) is 0 Å². The lowest BCUT2D eigenvalue weighted by atomic mass is 10.1. The normalized spacial score (nSPS) is 10.6. The number of amides is 2. The average molecular weight is 353 g/mol. The van der Waals surface area contributed by atoms with Crippen molar-refractivity contribution >= 4 is 23.2 Å². The number of benzene rings is 2. The molecule has 5 nitrogen and oxygen atoms in total. The Morgan fingerprint density at radius 2 is 1.58 bits per heavy atom. The first-order chi connectivity index (χ1) is 12.6. The molecule has 0 atom stereocenters. The zero-order valence-electron chi connectivity index (χ0n) is 15.7. The second-order valence-corrected chi connectivity index (χ2v) is 5.98. The zero-order chi connectivity index (χ0) is 18.9. The van der Waals surface area contributed by atoms with Gasteiger partial charge in [-0.15, -0.1) is 0 Å². The molecule has 2 aromatic carbocycles. The number of likely N-dealkylation sites (N-methyl/N-ethyl adjacent to an activating group) is 1. The van der Waals surface area contributed by atoms with Crippen LogP contribution in [0.15, 0.2) is 54.6 Å². The third-order valence-corrected chi connectivity index (χ3v) is 4.28. The van der Waals surface area contributed by atoms with Gasteiger partial charge in [-0.2, -0.15) is 0 Å². The van der Waals surface area contributed by atoms with Crippen LogP contribution in [-0.2, 0) is 4.79 Å². The van der Waals surface area contributed by atoms with Crippen molar-refractivity contribution in [3.63, 3.8) is 0 Å². The van der Waals surface area contributed by atoms with E-state index < -0.39 is 0 Å². The lowest BCUT2D eigenvalue weighted by Gasteiger charge is -2.21. The van der Waals surface area contributed by atoms with Crippen molar-refractivity contribution in [3.8, 4) is 0 Å². The minimum Gasteiger partial charge on any atom is -0.325 e. The highest BCUT2D eigenvalue weighted by molar-refractivity contribution is 6.07. The predicted molar refractivity (Wildman–Crippen MR) is 107 cm³/mol. The van der Waals surface area contributed by atoms with Crippen molar-refractivity contribution in [1.29, 1.82) is 0 Å². The molecule has 2 rings (SSSR count). The molecule has 0 unspecified atom stereocenters. The second-order valence-electron chi connectivity index (χ2n) is 5.98. The van der Waals surface area contributed by atoms with Crippen molar-refractivity contribution in [2.75, 3.05) is 36.4 Å². The third kappa shape index (κ3) is 5.17. The van der Waals surface area contributed by atoms with E-state index in [9.17, 15) is 9.59 Å². The predicted octanol–water partition coefficient (Wildman–Crippen LogP) is 3.63. The third-order valence-electron chi connectivity index (χ3n) is 4.28. The Morgan fingerprint density at radius 3 is 2.19 bits per heavy atom. The summed E-state index contributed by atoms with van der Waals surface area (Å²) in [4.78, 5) is 28.8. The Hall–Kier alpha value is -2.66. The fraction of sp³-hybridized carbons (Fsp3) is 0.333. The molecule has 2 amide bonds. The maximum Gasteiger partial charge on any atom is 0.258 e. The van der Waals surface area contributed by atoms with Gasteiger partial charge in [0, 0.05) is 23.5 Å². The summed E-state index contributed by atoms with van der Waals surface area (Å²) in [6.07, 6.45) is 0. The molecule has 0 saturated carbocycles. The number of nitrogens with zero attached hydrogens (tertiary/aromatic N) is 2. The van der Waals surface area contributed by atoms with Gasteiger partial charge in [-0.3, -0.25) is 14.5 Å². The Bertz CT molecular complexity index is 727. The molecule has 0 heterocycles. The Balaban J connectivity index is 2.12. The first kappa shape index (κ1) is 19.7. The molecule has 0 aliphatic carbocycles. The Kier molecular flexibility index (Phi) is 7.36. The summed E-state index contributed by atoms with van der Waals surface area (Å²) in [6.45, 7) is 8.56. The van der Waals surface area contributed by atoms with Crippen LogP contribution < -0.4 is 10.2 Å². The maximum absolute atomic E-state index is 12.9. The largest absolute Gasteiger partial charge is 0.325 e. The number of rotatable bonds is 8. The van der Waals surface area contributed by atoms with E-state index in [1.165, 1.54) is 0 Å². The van der Waals surface area contributed by atoms with Gasteiger partial charge in [-0.1, -0.05) is 38.1 Å². The fourth-order valence-electron chi connectivity index (χ4n) is 2.79. The van der Waals surface area contributed by atoms with Crippen molar-refractivity contribution in [3.05, 3.63) is 60.2 Å². The molecule has 1 N–H and O–H groups in total. The van der Waals surface area contributed by atoms with Crippen LogP contribution in [0.5, 0.6) is 0 Å². The zero-order valence-corrected chi connectivity index (χ0v) is 15.7. The minimum absolute atomic E-state index is 0.0753. The first-order valence-electron chi connectivity index (χ1n) is 9.08. The van der Waals surface area contributed by atoms with E-state index in [0.29, 0.717) is 24.3 Å². The molecule has 26 heavy (non-hydrogen) atoms. The molecule has 0 aromatic heterocycles. The van der Waals surface area contributed by atoms with Crippen molar-refractivity contribution < 1.29 is 9.59 Å². The quantitative estimate of drug-likeness (QED) is 0.788. The van der Waals surface area contributed by atoms with Crippen molar-refractivity contribution in [2.24, 2.45) is 0 Å². The SMILES string of the molecule is CCN(CC)CC(=O)Nc1cccc(C(=O)N(CC)c2ccccc2)c1. The molecule has 138 valence electrons. The summed E-state index contributed by atoms with van der Waals surface area (Å²) in [5.41, 5.74) is 2.05. The number of hydrogen-bond donors (Lipinski definition) is 1. The van der Waals surface area contributed by atoms with Crippen molar-refractivity contribution in [2.45, 2.75) is 20.8 Å². The molecule has 0 fully saturated rings. The molecule has 0 bridgehead atoms. The summed E-state index contributed by atoms with van der Waals surface area (Å²) in [7, 11) is 0. The summed E-state index contributed by atoms with van der Waals surface area (Å²) in [5, 5.41) is 2.88. The van der Waals surface area contributed by atoms with E-state index in [1.54, 1.807) is 29.2 Å². The second kappa shape index (κ2) is 9.73. The van der Waals surface area contributed by atoms with Gasteiger partial charge in [0.05, 0.1) is 6.54 Å². The van der Waals surface area contributed by atoms with Crippen LogP contribution in [0, 0.1) is 0 Å². The van der Waals surface area contributed by atoms with E-state index in [2.05, 4.69) is 5.32 Å². The lowest BCUT2D eigenvalue weighted by Crippen LogP contribution is -2.33. The number of nitrogens with one attached hydrogen (secondary N) is 1. The van der Waals surface area contributed by atoms with E-state index >= 15 is 0 Å². The van der Waals surface area contributed by atoms with Gasteiger partial charge in [-0.25, -0.2) is 0 Å². The minimum atomic E-state index is -0.0847. The van der Waals surface area contributed by atoms with Gasteiger partial charge in [-0.05, 0) is 50.3 Å². The van der Waals surface area contributed by atoms with E-state index in [4.69, 9.17) is 0 Å². The summed E-state index contributed by atoms with van der Waals surface area (Å²) in [6, 6.07) is 16.7. The smallest absolute Gasteiger partial charge is 0.258 e. The van der Waals surface area contributed by atoms with Gasteiger partial charge in [0.2, 0.25) is 5.91 Å². The van der Waals surface area contributed by atoms with Crippen LogP contribution in [0.3, 0.4) is 0 Å². The number of anilines is 2. The summed E-state index contributed by atoms with van der Waals surface area (Å²) in [5.74, 6) is -0.160. The van der Waals surface area contributed by atoms with Crippen LogP contribution in [0.2, 0.25) is 0 Å². The number of carbonyl (C=O) groups is 2. The van der Waals surface area contributed by atoms with E-state index in [1.807, 2.05) is 56.0 Å².